The third-order valence-corrected chi connectivity index (χ3v) is 3.46. The van der Waals surface area contributed by atoms with Gasteiger partial charge in [0.15, 0.2) is 0 Å². The summed E-state index contributed by atoms with van der Waals surface area (Å²) < 4.78 is 5.57. The summed E-state index contributed by atoms with van der Waals surface area (Å²) in [4.78, 5) is 0. The number of hydrogen-bond donors (Lipinski definition) is 2. The van der Waals surface area contributed by atoms with Crippen LogP contribution in [0, 0.1) is 19.3 Å². The Hall–Kier alpha value is -0.800. The summed E-state index contributed by atoms with van der Waals surface area (Å²) in [5, 5.41) is 12.8. The van der Waals surface area contributed by atoms with E-state index in [9.17, 15) is 5.11 Å². The van der Waals surface area contributed by atoms with E-state index in [0.29, 0.717) is 0 Å². The van der Waals surface area contributed by atoms with Crippen LogP contribution in [0.3, 0.4) is 0 Å². The minimum Gasteiger partial charge on any atom is -0.466 e. The number of aliphatic hydroxyl groups is 1. The first kappa shape index (κ1) is 15.3. The number of aliphatic hydroxyl groups excluding tert-OH is 1. The summed E-state index contributed by atoms with van der Waals surface area (Å²) in [5.74, 6) is 1.93. The maximum atomic E-state index is 9.18. The zero-order chi connectivity index (χ0) is 13.9. The van der Waals surface area contributed by atoms with Gasteiger partial charge in [0.2, 0.25) is 0 Å². The average molecular weight is 253 g/mol. The Morgan fingerprint density at radius 2 is 1.94 bits per heavy atom. The molecule has 0 aliphatic heterocycles. The molecule has 0 spiro atoms. The summed E-state index contributed by atoms with van der Waals surface area (Å²) in [7, 11) is 0. The van der Waals surface area contributed by atoms with Crippen LogP contribution >= 0.6 is 0 Å². The molecule has 0 aliphatic rings. The highest BCUT2D eigenvalue weighted by Crippen LogP contribution is 2.27. The SMILES string of the molecule is Cc1cc(C(C)NC(CCO)C(C)(C)C)c(C)o1. The van der Waals surface area contributed by atoms with Crippen molar-refractivity contribution in [2.75, 3.05) is 6.61 Å². The van der Waals surface area contributed by atoms with Gasteiger partial charge in [-0.05, 0) is 38.7 Å². The molecule has 0 saturated carbocycles. The average Bonchev–Trinajstić information content (AvgIpc) is 2.55. The fourth-order valence-corrected chi connectivity index (χ4v) is 2.37. The molecule has 0 bridgehead atoms. The number of aryl methyl sites for hydroxylation is 2. The lowest BCUT2D eigenvalue weighted by molar-refractivity contribution is 0.187. The lowest BCUT2D eigenvalue weighted by Gasteiger charge is -2.33. The van der Waals surface area contributed by atoms with E-state index in [2.05, 4.69) is 39.1 Å². The van der Waals surface area contributed by atoms with E-state index in [-0.39, 0.29) is 24.1 Å². The van der Waals surface area contributed by atoms with Gasteiger partial charge in [0, 0.05) is 24.3 Å². The molecule has 1 rings (SSSR count). The van der Waals surface area contributed by atoms with Gasteiger partial charge >= 0.3 is 0 Å². The number of hydrogen-bond acceptors (Lipinski definition) is 3. The van der Waals surface area contributed by atoms with E-state index in [0.717, 1.165) is 17.9 Å². The Bertz CT molecular complexity index is 376. The molecular weight excluding hydrogens is 226 g/mol. The van der Waals surface area contributed by atoms with Gasteiger partial charge in [-0.1, -0.05) is 20.8 Å². The lowest BCUT2D eigenvalue weighted by atomic mass is 9.84. The molecule has 1 heterocycles. The van der Waals surface area contributed by atoms with Crippen LogP contribution in [-0.2, 0) is 0 Å². The van der Waals surface area contributed by atoms with Crippen molar-refractivity contribution in [1.29, 1.82) is 0 Å². The van der Waals surface area contributed by atoms with Crippen molar-refractivity contribution in [3.05, 3.63) is 23.2 Å². The summed E-state index contributed by atoms with van der Waals surface area (Å²) in [5.41, 5.74) is 1.34. The molecule has 3 heteroatoms. The van der Waals surface area contributed by atoms with Gasteiger partial charge in [-0.3, -0.25) is 0 Å². The van der Waals surface area contributed by atoms with Crippen LogP contribution in [0.1, 0.15) is 57.2 Å². The first-order chi connectivity index (χ1) is 8.25. The van der Waals surface area contributed by atoms with Gasteiger partial charge < -0.3 is 14.8 Å². The van der Waals surface area contributed by atoms with Gasteiger partial charge in [0.1, 0.15) is 11.5 Å². The Balaban J connectivity index is 2.78. The largest absolute Gasteiger partial charge is 0.466 e. The van der Waals surface area contributed by atoms with Gasteiger partial charge in [-0.15, -0.1) is 0 Å². The van der Waals surface area contributed by atoms with E-state index < -0.39 is 0 Å². The summed E-state index contributed by atoms with van der Waals surface area (Å²) >= 11 is 0. The van der Waals surface area contributed by atoms with Crippen molar-refractivity contribution in [3.8, 4) is 0 Å². The third-order valence-electron chi connectivity index (χ3n) is 3.46. The molecule has 18 heavy (non-hydrogen) atoms. The fraction of sp³-hybridized carbons (Fsp3) is 0.733. The topological polar surface area (TPSA) is 45.4 Å². The minimum absolute atomic E-state index is 0.129. The second kappa shape index (κ2) is 5.89. The van der Waals surface area contributed by atoms with Crippen LogP contribution in [0.5, 0.6) is 0 Å². The van der Waals surface area contributed by atoms with Crippen molar-refractivity contribution in [3.63, 3.8) is 0 Å². The summed E-state index contributed by atoms with van der Waals surface area (Å²) in [6, 6.07) is 2.61. The molecule has 2 atom stereocenters. The normalized spacial score (nSPS) is 15.7. The second-order valence-electron chi connectivity index (χ2n) is 6.19. The number of rotatable bonds is 5. The molecule has 0 radical (unpaired) electrons. The van der Waals surface area contributed by atoms with E-state index >= 15 is 0 Å². The van der Waals surface area contributed by atoms with Crippen LogP contribution in [0.25, 0.3) is 0 Å². The van der Waals surface area contributed by atoms with Crippen molar-refractivity contribution < 1.29 is 9.52 Å². The molecule has 104 valence electrons. The first-order valence-corrected chi connectivity index (χ1v) is 6.69. The first-order valence-electron chi connectivity index (χ1n) is 6.69. The molecule has 0 amide bonds. The minimum atomic E-state index is 0.129. The Morgan fingerprint density at radius 3 is 2.33 bits per heavy atom. The van der Waals surface area contributed by atoms with Gasteiger partial charge in [0.05, 0.1) is 0 Å². The maximum absolute atomic E-state index is 9.18. The van der Waals surface area contributed by atoms with Crippen LogP contribution in [0.4, 0.5) is 0 Å². The fourth-order valence-electron chi connectivity index (χ4n) is 2.37. The lowest BCUT2D eigenvalue weighted by Crippen LogP contribution is -2.42. The molecule has 0 aliphatic carbocycles. The van der Waals surface area contributed by atoms with E-state index in [4.69, 9.17) is 4.42 Å². The summed E-state index contributed by atoms with van der Waals surface area (Å²) in [6.07, 6.45) is 0.768. The molecule has 3 nitrogen and oxygen atoms in total. The predicted molar refractivity (Wildman–Crippen MR) is 74.7 cm³/mol. The van der Waals surface area contributed by atoms with Crippen molar-refractivity contribution >= 4 is 0 Å². The maximum Gasteiger partial charge on any atom is 0.105 e. The third kappa shape index (κ3) is 3.85. The molecule has 1 aromatic rings. The standard InChI is InChI=1S/C15H27NO2/c1-10-9-13(12(3)18-10)11(2)16-14(7-8-17)15(4,5)6/h9,11,14,16-17H,7-8H2,1-6H3. The van der Waals surface area contributed by atoms with Crippen molar-refractivity contribution in [2.24, 2.45) is 5.41 Å². The molecule has 0 aromatic carbocycles. The van der Waals surface area contributed by atoms with E-state index in [1.807, 2.05) is 13.8 Å². The zero-order valence-corrected chi connectivity index (χ0v) is 12.5. The number of nitrogens with one attached hydrogen (secondary N) is 1. The van der Waals surface area contributed by atoms with Gasteiger partial charge in [-0.25, -0.2) is 0 Å². The molecule has 2 N–H and O–H groups in total. The second-order valence-corrected chi connectivity index (χ2v) is 6.19. The Morgan fingerprint density at radius 1 is 1.33 bits per heavy atom. The predicted octanol–water partition coefficient (Wildman–Crippen LogP) is 3.34. The van der Waals surface area contributed by atoms with Gasteiger partial charge in [0.25, 0.3) is 0 Å². The number of furan rings is 1. The van der Waals surface area contributed by atoms with Gasteiger partial charge in [-0.2, -0.15) is 0 Å². The zero-order valence-electron chi connectivity index (χ0n) is 12.5. The van der Waals surface area contributed by atoms with Crippen molar-refractivity contribution in [1.82, 2.24) is 5.32 Å². The highest BCUT2D eigenvalue weighted by Gasteiger charge is 2.26. The van der Waals surface area contributed by atoms with Crippen LogP contribution in [0.15, 0.2) is 10.5 Å². The molecule has 0 saturated heterocycles. The quantitative estimate of drug-likeness (QED) is 0.846. The molecule has 2 unspecified atom stereocenters. The molecule has 1 aromatic heterocycles. The molecular formula is C15H27NO2. The van der Waals surface area contributed by atoms with E-state index in [1.54, 1.807) is 0 Å². The Labute approximate surface area is 111 Å². The van der Waals surface area contributed by atoms with Crippen LogP contribution in [0.2, 0.25) is 0 Å². The smallest absolute Gasteiger partial charge is 0.105 e. The Kier molecular flexibility index (Phi) is 5.00. The highest BCUT2D eigenvalue weighted by atomic mass is 16.3. The van der Waals surface area contributed by atoms with Crippen molar-refractivity contribution in [2.45, 2.75) is 60.0 Å². The molecule has 0 fully saturated rings. The summed E-state index contributed by atoms with van der Waals surface area (Å²) in [6.45, 7) is 12.9. The highest BCUT2D eigenvalue weighted by molar-refractivity contribution is 5.23. The monoisotopic (exact) mass is 253 g/mol. The van der Waals surface area contributed by atoms with Crippen LogP contribution in [-0.4, -0.2) is 17.8 Å². The van der Waals surface area contributed by atoms with Crippen LogP contribution < -0.4 is 5.32 Å². The van der Waals surface area contributed by atoms with E-state index in [1.165, 1.54) is 5.56 Å².